The van der Waals surface area contributed by atoms with Gasteiger partial charge >= 0.3 is 6.18 Å². The summed E-state index contributed by atoms with van der Waals surface area (Å²) in [6.07, 6.45) is -2.89. The molecule has 4 aromatic rings. The van der Waals surface area contributed by atoms with E-state index in [-0.39, 0.29) is 45.7 Å². The van der Waals surface area contributed by atoms with E-state index in [4.69, 9.17) is 9.68 Å². The van der Waals surface area contributed by atoms with Crippen LogP contribution in [0.1, 0.15) is 24.2 Å². The van der Waals surface area contributed by atoms with Crippen LogP contribution in [0.5, 0.6) is 0 Å². The molecule has 30 heavy (non-hydrogen) atoms. The predicted molar refractivity (Wildman–Crippen MR) is 104 cm³/mol. The zero-order valence-electron chi connectivity index (χ0n) is 15.5. The summed E-state index contributed by atoms with van der Waals surface area (Å²) in [6, 6.07) is 12.6. The molecule has 5 nitrogen and oxygen atoms in total. The van der Waals surface area contributed by atoms with Gasteiger partial charge in [0.1, 0.15) is 11.3 Å². The monoisotopic (exact) mass is 409 g/mol. The van der Waals surface area contributed by atoms with Gasteiger partial charge in [-0.1, -0.05) is 0 Å². The maximum atomic E-state index is 13.7. The second kappa shape index (κ2) is 6.46. The Labute approximate surface area is 168 Å². The Morgan fingerprint density at radius 3 is 2.53 bits per heavy atom. The highest BCUT2D eigenvalue weighted by atomic mass is 19.4. The van der Waals surface area contributed by atoms with E-state index in [1.807, 2.05) is 6.07 Å². The quantitative estimate of drug-likeness (QED) is 0.471. The lowest BCUT2D eigenvalue weighted by Crippen LogP contribution is -2.16. The highest BCUT2D eigenvalue weighted by molar-refractivity contribution is 6.01. The van der Waals surface area contributed by atoms with Crippen molar-refractivity contribution in [1.82, 2.24) is 9.55 Å². The maximum Gasteiger partial charge on any atom is 0.449 e. The van der Waals surface area contributed by atoms with Crippen LogP contribution < -0.4 is 5.43 Å². The van der Waals surface area contributed by atoms with Crippen LogP contribution in [-0.2, 0) is 12.7 Å². The third kappa shape index (κ3) is 3.03. The summed E-state index contributed by atoms with van der Waals surface area (Å²) in [5.41, 5.74) is 1.04. The van der Waals surface area contributed by atoms with Gasteiger partial charge in [0.25, 0.3) is 0 Å². The van der Waals surface area contributed by atoms with Crippen LogP contribution in [0.2, 0.25) is 0 Å². The normalized spacial score (nSPS) is 14.3. The number of hydrogen-bond donors (Lipinski definition) is 0. The number of benzene rings is 2. The molecule has 1 saturated carbocycles. The number of halogens is 3. The highest BCUT2D eigenvalue weighted by Gasteiger charge is 2.39. The molecular weight excluding hydrogens is 395 g/mol. The Hall–Kier alpha value is -3.60. The number of aromatic nitrogens is 2. The number of rotatable bonds is 3. The molecule has 150 valence electrons. The molecule has 0 N–H and O–H groups in total. The average Bonchev–Trinajstić information content (AvgIpc) is 3.45. The van der Waals surface area contributed by atoms with Crippen molar-refractivity contribution in [3.8, 4) is 17.4 Å². The van der Waals surface area contributed by atoms with Crippen molar-refractivity contribution in [2.45, 2.75) is 25.6 Å². The maximum absolute atomic E-state index is 13.7. The van der Waals surface area contributed by atoms with Crippen molar-refractivity contribution in [3.05, 3.63) is 64.1 Å². The number of alkyl halides is 3. The first-order chi connectivity index (χ1) is 14.3. The van der Waals surface area contributed by atoms with Crippen LogP contribution in [0.25, 0.3) is 33.3 Å². The Morgan fingerprint density at radius 2 is 1.90 bits per heavy atom. The minimum atomic E-state index is -4.62. The zero-order chi connectivity index (χ0) is 21.0. The average molecular weight is 409 g/mol. The Kier molecular flexibility index (Phi) is 3.97. The van der Waals surface area contributed by atoms with Crippen LogP contribution in [0.4, 0.5) is 13.2 Å². The molecule has 0 aliphatic heterocycles. The minimum absolute atomic E-state index is 0.0861. The van der Waals surface area contributed by atoms with Gasteiger partial charge in [0.05, 0.1) is 22.5 Å². The lowest BCUT2D eigenvalue weighted by atomic mass is 10.1. The topological polar surface area (TPSA) is 71.8 Å². The van der Waals surface area contributed by atoms with Crippen LogP contribution in [-0.4, -0.2) is 9.55 Å². The molecule has 1 aliphatic carbocycles. The fraction of sp³-hybridized carbons (Fsp3) is 0.227. The molecule has 0 atom stereocenters. The number of hydrogen-bond acceptors (Lipinski definition) is 4. The van der Waals surface area contributed by atoms with Crippen molar-refractivity contribution < 1.29 is 17.6 Å². The summed E-state index contributed by atoms with van der Waals surface area (Å²) in [6.45, 7) is 0.176. The largest absolute Gasteiger partial charge is 0.454 e. The summed E-state index contributed by atoms with van der Waals surface area (Å²) in [5, 5.41) is 9.15. The van der Waals surface area contributed by atoms with E-state index in [1.165, 1.54) is 18.2 Å². The molecule has 2 aromatic heterocycles. The third-order valence-electron chi connectivity index (χ3n) is 5.29. The van der Waals surface area contributed by atoms with Crippen molar-refractivity contribution in [3.63, 3.8) is 0 Å². The van der Waals surface area contributed by atoms with Gasteiger partial charge in [-0.3, -0.25) is 4.79 Å². The molecule has 0 amide bonds. The molecule has 2 heterocycles. The molecule has 0 unspecified atom stereocenters. The summed E-state index contributed by atoms with van der Waals surface area (Å²) in [4.78, 5) is 16.5. The third-order valence-corrected chi connectivity index (χ3v) is 5.29. The van der Waals surface area contributed by atoms with E-state index in [9.17, 15) is 18.0 Å². The zero-order valence-corrected chi connectivity index (χ0v) is 15.5. The molecule has 1 aliphatic rings. The first kappa shape index (κ1) is 18.4. The number of imidazole rings is 1. The molecule has 0 bridgehead atoms. The van der Waals surface area contributed by atoms with E-state index in [0.717, 1.165) is 17.4 Å². The molecule has 2 aromatic carbocycles. The number of fused-ring (bicyclic) bond motifs is 3. The molecular formula is C22H14F3N3O2. The van der Waals surface area contributed by atoms with E-state index in [1.54, 1.807) is 24.3 Å². The standard InChI is InChI=1S/C22H14F3N3O2/c23-22(24,25)21-27-16-8-7-15-17(29)9-18(14-5-3-12(10-26)4-6-14)30-20(15)19(16)28(21)11-13-1-2-13/h3-9,13H,1-2,11H2. The predicted octanol–water partition coefficient (Wildman–Crippen LogP) is 5.11. The second-order valence-electron chi connectivity index (χ2n) is 7.46. The molecule has 0 spiro atoms. The van der Waals surface area contributed by atoms with Crippen molar-refractivity contribution in [1.29, 1.82) is 5.26 Å². The van der Waals surface area contributed by atoms with Crippen LogP contribution in [0.3, 0.4) is 0 Å². The second-order valence-corrected chi connectivity index (χ2v) is 7.46. The van der Waals surface area contributed by atoms with Crippen molar-refractivity contribution in [2.24, 2.45) is 5.92 Å². The smallest absolute Gasteiger partial charge is 0.449 e. The molecule has 0 saturated heterocycles. The van der Waals surface area contributed by atoms with Crippen LogP contribution in [0.15, 0.2) is 51.7 Å². The Morgan fingerprint density at radius 1 is 1.17 bits per heavy atom. The molecule has 0 radical (unpaired) electrons. The van der Waals surface area contributed by atoms with Crippen molar-refractivity contribution >= 4 is 22.0 Å². The van der Waals surface area contributed by atoms with E-state index in [2.05, 4.69) is 4.98 Å². The fourth-order valence-electron chi connectivity index (χ4n) is 3.63. The first-order valence-electron chi connectivity index (χ1n) is 9.40. The molecule has 8 heteroatoms. The first-order valence-corrected chi connectivity index (χ1v) is 9.40. The van der Waals surface area contributed by atoms with Gasteiger partial charge in [0, 0.05) is 18.2 Å². The molecule has 5 rings (SSSR count). The van der Waals surface area contributed by atoms with E-state index in [0.29, 0.717) is 11.1 Å². The highest BCUT2D eigenvalue weighted by Crippen LogP contribution is 2.38. The van der Waals surface area contributed by atoms with Crippen molar-refractivity contribution in [2.75, 3.05) is 0 Å². The van der Waals surface area contributed by atoms with E-state index < -0.39 is 12.0 Å². The lowest BCUT2D eigenvalue weighted by Gasteiger charge is -2.12. The molecule has 1 fully saturated rings. The van der Waals surface area contributed by atoms with Gasteiger partial charge < -0.3 is 8.98 Å². The Bertz CT molecular complexity index is 1390. The van der Waals surface area contributed by atoms with Crippen LogP contribution in [0, 0.1) is 17.2 Å². The van der Waals surface area contributed by atoms with E-state index >= 15 is 0 Å². The summed E-state index contributed by atoms with van der Waals surface area (Å²) >= 11 is 0. The van der Waals surface area contributed by atoms with Gasteiger partial charge in [-0.15, -0.1) is 0 Å². The van der Waals surface area contributed by atoms with Crippen LogP contribution >= 0.6 is 0 Å². The van der Waals surface area contributed by atoms with Gasteiger partial charge in [-0.05, 0) is 55.2 Å². The van der Waals surface area contributed by atoms with Gasteiger partial charge in [-0.25, -0.2) is 4.98 Å². The van der Waals surface area contributed by atoms with Gasteiger partial charge in [0.15, 0.2) is 11.0 Å². The SMILES string of the molecule is N#Cc1ccc(-c2cc(=O)c3ccc4nc(C(F)(F)F)n(CC5CC5)c4c3o2)cc1. The number of nitriles is 1. The fourth-order valence-corrected chi connectivity index (χ4v) is 3.63. The summed E-state index contributed by atoms with van der Waals surface area (Å²) in [5.74, 6) is -0.604. The Balaban J connectivity index is 1.81. The summed E-state index contributed by atoms with van der Waals surface area (Å²) < 4.78 is 48.1. The number of nitrogens with zero attached hydrogens (tertiary/aromatic N) is 3. The van der Waals surface area contributed by atoms with Gasteiger partial charge in [-0.2, -0.15) is 18.4 Å². The summed E-state index contributed by atoms with van der Waals surface area (Å²) in [7, 11) is 0. The minimum Gasteiger partial charge on any atom is -0.454 e. The van der Waals surface area contributed by atoms with Gasteiger partial charge in [0.2, 0.25) is 5.82 Å². The lowest BCUT2D eigenvalue weighted by molar-refractivity contribution is -0.147.